The van der Waals surface area contributed by atoms with Gasteiger partial charge in [-0.2, -0.15) is 0 Å². The molecule has 0 unspecified atom stereocenters. The number of para-hydroxylation sites is 1. The molecule has 1 saturated heterocycles. The summed E-state index contributed by atoms with van der Waals surface area (Å²) in [6, 6.07) is 11.5. The van der Waals surface area contributed by atoms with Crippen molar-refractivity contribution in [2.75, 3.05) is 19.6 Å². The van der Waals surface area contributed by atoms with Crippen LogP contribution in [0.2, 0.25) is 0 Å². The average molecular weight is 970 g/mol. The van der Waals surface area contributed by atoms with Crippen molar-refractivity contribution >= 4 is 69.7 Å². The van der Waals surface area contributed by atoms with E-state index in [0.717, 1.165) is 16.5 Å². The van der Waals surface area contributed by atoms with Crippen molar-refractivity contribution in [2.45, 2.75) is 128 Å². The number of hydrogen-bond donors (Lipinski definition) is 10. The smallest absolute Gasteiger partial charge is 0.243 e. The first-order chi connectivity index (χ1) is 33.5. The first-order valence-electron chi connectivity index (χ1n) is 24.2. The molecule has 1 aromatic heterocycles. The van der Waals surface area contributed by atoms with Gasteiger partial charge in [-0.05, 0) is 75.1 Å². The van der Waals surface area contributed by atoms with E-state index >= 15 is 0 Å². The van der Waals surface area contributed by atoms with E-state index < -0.39 is 94.7 Å². The van der Waals surface area contributed by atoms with E-state index in [4.69, 9.17) is 22.9 Å². The van der Waals surface area contributed by atoms with Gasteiger partial charge >= 0.3 is 0 Å². The molecular weight excluding hydrogens is 899 g/mol. The van der Waals surface area contributed by atoms with Crippen LogP contribution in [0.25, 0.3) is 10.9 Å². The Kier molecular flexibility index (Phi) is 22.7. The summed E-state index contributed by atoms with van der Waals surface area (Å²) in [6.45, 7) is 3.16. The molecule has 70 heavy (non-hydrogen) atoms. The first kappa shape index (κ1) is 55.6. The molecule has 3 aromatic rings. The van der Waals surface area contributed by atoms with Crippen molar-refractivity contribution in [3.05, 3.63) is 71.9 Å². The van der Waals surface area contributed by atoms with Crippen molar-refractivity contribution in [1.29, 1.82) is 0 Å². The SMILES string of the molecule is CCCC[C@H](NC(C)=O)C(=O)N[C@H]1CCC(=O)NCC[C@@H](C(=O)C[C@@H](Cc2c[nH]c3ccccc23)C(N)=O)CC(=O)[C@H](CCCN=C(N)N)CC(=O)[C@@H](Cc2ccccc2)NC(=O)[C@H](CCN)NC1=O. The van der Waals surface area contributed by atoms with E-state index in [0.29, 0.717) is 18.4 Å². The predicted molar refractivity (Wildman–Crippen MR) is 264 cm³/mol. The van der Waals surface area contributed by atoms with Crippen molar-refractivity contribution < 1.29 is 43.2 Å². The maximum Gasteiger partial charge on any atom is 0.243 e. The van der Waals surface area contributed by atoms with Gasteiger partial charge in [0.1, 0.15) is 29.7 Å². The Hall–Kier alpha value is -6.96. The molecule has 0 bridgehead atoms. The third-order valence-electron chi connectivity index (χ3n) is 12.5. The van der Waals surface area contributed by atoms with Gasteiger partial charge in [-0.3, -0.25) is 48.1 Å². The van der Waals surface area contributed by atoms with Gasteiger partial charge in [-0.25, -0.2) is 0 Å². The van der Waals surface area contributed by atoms with Crippen LogP contribution >= 0.6 is 0 Å². The van der Waals surface area contributed by atoms with Crippen LogP contribution in [-0.2, 0) is 56.0 Å². The summed E-state index contributed by atoms with van der Waals surface area (Å²) < 4.78 is 0. The summed E-state index contributed by atoms with van der Waals surface area (Å²) in [5.74, 6) is -8.45. The fraction of sp³-hybridized carbons (Fsp3) is 0.520. The standard InChI is InChI=1S/C50H71N11O9/c1-3-4-15-38(58-30(2)62)47(68)59-39-17-18-45(66)55-23-20-33(43(64)28-34(46(52)67)25-35-29-57-37-16-9-8-14-36(35)37)26-42(63)32(13-10-22-56-50(53)54)27-44(65)41(24-31-11-6-5-7-12-31)61-49(70)40(19-21-51)60-48(39)69/h5-9,11-12,14,16,29,32-34,38-41,57H,3-4,10,13,15,17-28,51H2,1-2H3,(H2,52,67)(H,55,66)(H,58,62)(H,59,68)(H,60,69)(H,61,70)(H4,53,54,56)/t32-,33-,34-,38+,39+,40+,41-/m1/s1. The Bertz CT molecular complexity index is 2310. The van der Waals surface area contributed by atoms with E-state index in [1.807, 2.05) is 31.2 Å². The second-order valence-electron chi connectivity index (χ2n) is 18.0. The number of ketones is 3. The number of benzene rings is 2. The normalized spacial score (nSPS) is 20.8. The molecule has 7 atom stereocenters. The van der Waals surface area contributed by atoms with E-state index in [2.05, 4.69) is 36.6 Å². The Morgan fingerprint density at radius 2 is 1.56 bits per heavy atom. The number of hydrogen-bond acceptors (Lipinski definition) is 11. The summed E-state index contributed by atoms with van der Waals surface area (Å²) in [6.07, 6.45) is 2.25. The molecule has 0 saturated carbocycles. The summed E-state index contributed by atoms with van der Waals surface area (Å²) in [5, 5.41) is 14.3. The van der Waals surface area contributed by atoms with Gasteiger partial charge in [-0.1, -0.05) is 68.3 Å². The number of carbonyl (C=O) groups excluding carboxylic acids is 9. The maximum absolute atomic E-state index is 14.5. The minimum absolute atomic E-state index is 0.0183. The minimum Gasteiger partial charge on any atom is -0.370 e. The number of aromatic nitrogens is 1. The zero-order valence-corrected chi connectivity index (χ0v) is 40.3. The Morgan fingerprint density at radius 1 is 0.843 bits per heavy atom. The second kappa shape index (κ2) is 28.5. The molecule has 1 fully saturated rings. The summed E-state index contributed by atoms with van der Waals surface area (Å²) >= 11 is 0. The van der Waals surface area contributed by atoms with Crippen LogP contribution in [-0.4, -0.2) is 108 Å². The predicted octanol–water partition coefficient (Wildman–Crippen LogP) is 1.02. The highest BCUT2D eigenvalue weighted by atomic mass is 16.2. The number of nitrogens with one attached hydrogen (secondary N) is 6. The molecule has 20 heteroatoms. The molecule has 0 aliphatic carbocycles. The summed E-state index contributed by atoms with van der Waals surface area (Å²) in [4.78, 5) is 131. The lowest BCUT2D eigenvalue weighted by atomic mass is 9.81. The van der Waals surface area contributed by atoms with Crippen LogP contribution < -0.4 is 49.5 Å². The van der Waals surface area contributed by atoms with Gasteiger partial charge < -0.3 is 54.5 Å². The van der Waals surface area contributed by atoms with Crippen LogP contribution in [0.1, 0.15) is 102 Å². The molecule has 1 aliphatic rings. The average Bonchev–Trinajstić information content (AvgIpc) is 3.73. The van der Waals surface area contributed by atoms with E-state index in [9.17, 15) is 43.2 Å². The quantitative estimate of drug-likeness (QED) is 0.0431. The van der Waals surface area contributed by atoms with Gasteiger partial charge in [-0.15, -0.1) is 0 Å². The summed E-state index contributed by atoms with van der Waals surface area (Å²) in [7, 11) is 0. The highest BCUT2D eigenvalue weighted by Gasteiger charge is 2.35. The van der Waals surface area contributed by atoms with Crippen molar-refractivity contribution in [1.82, 2.24) is 31.6 Å². The van der Waals surface area contributed by atoms with E-state index in [1.54, 1.807) is 36.5 Å². The Balaban J connectivity index is 1.73. The molecule has 14 N–H and O–H groups in total. The number of fused-ring (bicyclic) bond motifs is 1. The number of nitrogens with zero attached hydrogens (tertiary/aromatic N) is 1. The number of aliphatic imine (C=N–C) groups is 1. The van der Waals surface area contributed by atoms with E-state index in [1.165, 1.54) is 6.92 Å². The largest absolute Gasteiger partial charge is 0.370 e. The zero-order chi connectivity index (χ0) is 51.2. The first-order valence-corrected chi connectivity index (χ1v) is 24.2. The lowest BCUT2D eigenvalue weighted by Gasteiger charge is -2.27. The molecule has 0 radical (unpaired) electrons. The number of primary amides is 1. The number of H-pyrrole nitrogens is 1. The van der Waals surface area contributed by atoms with Gasteiger partial charge in [0.25, 0.3) is 0 Å². The maximum atomic E-state index is 14.5. The number of nitrogens with two attached hydrogens (primary N) is 4. The Morgan fingerprint density at radius 3 is 2.24 bits per heavy atom. The molecule has 1 aliphatic heterocycles. The number of rotatable bonds is 20. The molecule has 2 heterocycles. The Labute approximate surface area is 408 Å². The van der Waals surface area contributed by atoms with Crippen molar-refractivity contribution in [3.63, 3.8) is 0 Å². The van der Waals surface area contributed by atoms with Gasteiger partial charge in [0.2, 0.25) is 35.4 Å². The third kappa shape index (κ3) is 18.2. The van der Waals surface area contributed by atoms with Crippen LogP contribution in [0.4, 0.5) is 0 Å². The number of aromatic amines is 1. The van der Waals surface area contributed by atoms with Crippen molar-refractivity contribution in [3.8, 4) is 0 Å². The zero-order valence-electron chi connectivity index (χ0n) is 40.3. The van der Waals surface area contributed by atoms with E-state index in [-0.39, 0.29) is 103 Å². The van der Waals surface area contributed by atoms with Crippen LogP contribution in [0.3, 0.4) is 0 Å². The van der Waals surface area contributed by atoms with Crippen molar-refractivity contribution in [2.24, 2.45) is 45.7 Å². The molecule has 20 nitrogen and oxygen atoms in total. The second-order valence-corrected chi connectivity index (χ2v) is 18.0. The number of unbranched alkanes of at least 4 members (excludes halogenated alkanes) is 1. The fourth-order valence-electron chi connectivity index (χ4n) is 8.63. The van der Waals surface area contributed by atoms with Crippen LogP contribution in [0.15, 0.2) is 65.8 Å². The highest BCUT2D eigenvalue weighted by Crippen LogP contribution is 2.27. The van der Waals surface area contributed by atoms with Gasteiger partial charge in [0, 0.05) is 80.6 Å². The third-order valence-corrected chi connectivity index (χ3v) is 12.5. The molecule has 0 spiro atoms. The molecule has 380 valence electrons. The molecule has 6 amide bonds. The summed E-state index contributed by atoms with van der Waals surface area (Å²) in [5.41, 5.74) is 25.3. The van der Waals surface area contributed by atoms with Crippen LogP contribution in [0.5, 0.6) is 0 Å². The highest BCUT2D eigenvalue weighted by molar-refractivity contribution is 5.98. The fourth-order valence-corrected chi connectivity index (χ4v) is 8.63. The van der Waals surface area contributed by atoms with Gasteiger partial charge in [0.05, 0.1) is 6.04 Å². The molecule has 4 rings (SSSR count). The van der Waals surface area contributed by atoms with Crippen LogP contribution in [0, 0.1) is 17.8 Å². The molecule has 2 aromatic carbocycles. The minimum atomic E-state index is -1.37. The topological polar surface area (TPSA) is 346 Å². The number of Topliss-reactive ketones (excluding diaryl/α,β-unsaturated/α-hetero) is 3. The number of guanidine groups is 1. The lowest BCUT2D eigenvalue weighted by molar-refractivity contribution is -0.135. The molecular formula is C50H71N11O9. The number of amides is 6. The van der Waals surface area contributed by atoms with Gasteiger partial charge in [0.15, 0.2) is 11.7 Å². The number of carbonyl (C=O) groups is 9. The lowest BCUT2D eigenvalue weighted by Crippen LogP contribution is -2.58. The monoisotopic (exact) mass is 970 g/mol.